The Morgan fingerprint density at radius 2 is 1.74 bits per heavy atom. The van der Waals surface area contributed by atoms with Gasteiger partial charge in [-0.25, -0.2) is 0 Å². The number of hydrogen-bond acceptors (Lipinski definition) is 1. The first-order valence-electron chi connectivity index (χ1n) is 10.1. The molecule has 0 heterocycles. The molecule has 0 unspecified atom stereocenters. The van der Waals surface area contributed by atoms with E-state index < -0.39 is 0 Å². The number of alkyl halides is 1. The van der Waals surface area contributed by atoms with Crippen molar-refractivity contribution in [1.82, 2.24) is 0 Å². The van der Waals surface area contributed by atoms with Gasteiger partial charge in [0.15, 0.2) is 0 Å². The zero-order valence-corrected chi connectivity index (χ0v) is 16.6. The van der Waals surface area contributed by atoms with Gasteiger partial charge in [-0.2, -0.15) is 0 Å². The third kappa shape index (κ3) is 2.99. The van der Waals surface area contributed by atoms with Crippen LogP contribution in [-0.2, 0) is 5.41 Å². The van der Waals surface area contributed by atoms with Crippen LogP contribution in [-0.4, -0.2) is 10.8 Å². The second kappa shape index (κ2) is 6.10. The van der Waals surface area contributed by atoms with Crippen LogP contribution in [0.1, 0.15) is 60.0 Å². The van der Waals surface area contributed by atoms with Gasteiger partial charge in [0.1, 0.15) is 0 Å². The average Bonchev–Trinajstić information content (AvgIpc) is 2.62. The molecule has 0 saturated heterocycles. The maximum absolute atomic E-state index is 12.6. The second-order valence-electron chi connectivity index (χ2n) is 9.24. The third-order valence-electron chi connectivity index (χ3n) is 7.12. The van der Waals surface area contributed by atoms with E-state index in [9.17, 15) is 4.79 Å². The van der Waals surface area contributed by atoms with Crippen molar-refractivity contribution in [1.29, 1.82) is 0 Å². The van der Waals surface area contributed by atoms with Gasteiger partial charge in [0.25, 0.3) is 5.91 Å². The van der Waals surface area contributed by atoms with Crippen molar-refractivity contribution < 1.29 is 4.79 Å². The van der Waals surface area contributed by atoms with Crippen LogP contribution in [0.3, 0.4) is 0 Å². The van der Waals surface area contributed by atoms with Crippen molar-refractivity contribution in [3.05, 3.63) is 65.2 Å². The fourth-order valence-corrected chi connectivity index (χ4v) is 7.05. The van der Waals surface area contributed by atoms with E-state index in [1.807, 2.05) is 30.3 Å². The molecule has 0 spiro atoms. The van der Waals surface area contributed by atoms with Crippen LogP contribution in [0.15, 0.2) is 48.5 Å². The van der Waals surface area contributed by atoms with Crippen molar-refractivity contribution in [2.75, 3.05) is 5.32 Å². The molecule has 2 atom stereocenters. The topological polar surface area (TPSA) is 29.1 Å². The van der Waals surface area contributed by atoms with Gasteiger partial charge in [0, 0.05) is 16.1 Å². The number of aryl methyl sites for hydroxylation is 1. The number of carbonyl (C=O) groups excluding carboxylic acids is 1. The summed E-state index contributed by atoms with van der Waals surface area (Å²) in [6, 6.07) is 16.1. The highest BCUT2D eigenvalue weighted by Gasteiger charge is 2.57. The van der Waals surface area contributed by atoms with Gasteiger partial charge >= 0.3 is 0 Å². The zero-order chi connectivity index (χ0) is 18.6. The van der Waals surface area contributed by atoms with Gasteiger partial charge in [-0.05, 0) is 92.0 Å². The van der Waals surface area contributed by atoms with Crippen LogP contribution in [0, 0.1) is 18.8 Å². The highest BCUT2D eigenvalue weighted by Crippen LogP contribution is 2.64. The predicted octanol–water partition coefficient (Wildman–Crippen LogP) is 6.08. The second-order valence-corrected chi connectivity index (χ2v) is 10.0. The Balaban J connectivity index is 1.47. The molecule has 4 saturated carbocycles. The van der Waals surface area contributed by atoms with E-state index in [4.69, 9.17) is 11.6 Å². The van der Waals surface area contributed by atoms with Crippen molar-refractivity contribution in [3.63, 3.8) is 0 Å². The smallest absolute Gasteiger partial charge is 0.255 e. The molecule has 1 amide bonds. The van der Waals surface area contributed by atoms with Gasteiger partial charge in [-0.3, -0.25) is 4.79 Å². The first-order chi connectivity index (χ1) is 12.9. The highest BCUT2D eigenvalue weighted by molar-refractivity contribution is 6.24. The Morgan fingerprint density at radius 1 is 1.04 bits per heavy atom. The Bertz CT molecular complexity index is 877. The summed E-state index contributed by atoms with van der Waals surface area (Å²) in [5, 5.41) is 3.14. The molecule has 3 heteroatoms. The lowest BCUT2D eigenvalue weighted by atomic mass is 9.47. The molecule has 6 rings (SSSR count). The van der Waals surface area contributed by atoms with Crippen LogP contribution < -0.4 is 5.32 Å². The fourth-order valence-electron chi connectivity index (χ4n) is 6.36. The van der Waals surface area contributed by atoms with Crippen molar-refractivity contribution in [3.8, 4) is 0 Å². The van der Waals surface area contributed by atoms with E-state index in [2.05, 4.69) is 30.4 Å². The van der Waals surface area contributed by atoms with Gasteiger partial charge < -0.3 is 5.32 Å². The van der Waals surface area contributed by atoms with E-state index in [1.165, 1.54) is 37.7 Å². The molecule has 0 radical (unpaired) electrons. The number of nitrogens with one attached hydrogen (secondary N) is 1. The minimum atomic E-state index is -0.0461. The molecule has 140 valence electrons. The van der Waals surface area contributed by atoms with Gasteiger partial charge in [-0.15, -0.1) is 11.6 Å². The molecular weight excluding hydrogens is 354 g/mol. The summed E-state index contributed by atoms with van der Waals surface area (Å²) in [6.07, 6.45) is 7.34. The molecule has 27 heavy (non-hydrogen) atoms. The molecule has 2 aromatic carbocycles. The van der Waals surface area contributed by atoms with Gasteiger partial charge in [0.05, 0.1) is 0 Å². The molecule has 2 nitrogen and oxygen atoms in total. The molecule has 2 aromatic rings. The number of halogens is 1. The monoisotopic (exact) mass is 379 g/mol. The molecular formula is C24H26ClNO. The lowest BCUT2D eigenvalue weighted by Crippen LogP contribution is -2.55. The maximum atomic E-state index is 12.6. The first-order valence-corrected chi connectivity index (χ1v) is 10.5. The number of rotatable bonds is 3. The molecule has 1 N–H and O–H groups in total. The van der Waals surface area contributed by atoms with Crippen LogP contribution >= 0.6 is 11.6 Å². The summed E-state index contributed by atoms with van der Waals surface area (Å²) in [4.78, 5) is 12.6. The molecule has 4 aliphatic rings. The van der Waals surface area contributed by atoms with Gasteiger partial charge in [0.2, 0.25) is 0 Å². The molecule has 0 aromatic heterocycles. The number of hydrogen-bond donors (Lipinski definition) is 1. The Hall–Kier alpha value is -1.80. The lowest BCUT2D eigenvalue weighted by Gasteiger charge is -2.60. The summed E-state index contributed by atoms with van der Waals surface area (Å²) in [7, 11) is 0. The first kappa shape index (κ1) is 17.3. The Kier molecular flexibility index (Phi) is 3.91. The van der Waals surface area contributed by atoms with Crippen molar-refractivity contribution >= 4 is 23.2 Å². The highest BCUT2D eigenvalue weighted by atomic mass is 35.5. The number of anilines is 1. The lowest BCUT2D eigenvalue weighted by molar-refractivity contribution is 0.00900. The van der Waals surface area contributed by atoms with E-state index in [1.54, 1.807) is 0 Å². The molecule has 4 fully saturated rings. The standard InChI is InChI=1S/C24H26ClNO/c1-16-7-8-20(10-21(16)26-22(27)19-5-3-2-4-6-19)23-11-17-9-18(12-23)14-24(25,13-17)15-23/h2-8,10,17-18H,9,11-15H2,1H3,(H,26,27)/t17-,18-,23?,24?/m1/s1. The maximum Gasteiger partial charge on any atom is 0.255 e. The number of carbonyl (C=O) groups is 1. The Morgan fingerprint density at radius 3 is 2.41 bits per heavy atom. The third-order valence-corrected chi connectivity index (χ3v) is 7.57. The van der Waals surface area contributed by atoms with Gasteiger partial charge in [-0.1, -0.05) is 30.3 Å². The van der Waals surface area contributed by atoms with Crippen LogP contribution in [0.25, 0.3) is 0 Å². The fraction of sp³-hybridized carbons (Fsp3) is 0.458. The summed E-state index contributed by atoms with van der Waals surface area (Å²) >= 11 is 7.04. The predicted molar refractivity (Wildman–Crippen MR) is 111 cm³/mol. The summed E-state index contributed by atoms with van der Waals surface area (Å²) in [6.45, 7) is 2.06. The number of benzene rings is 2. The molecule has 4 bridgehead atoms. The quantitative estimate of drug-likeness (QED) is 0.643. The SMILES string of the molecule is Cc1ccc(C23C[C@H]4C[C@@H](CC(Cl)(C4)C2)C3)cc1NC(=O)c1ccccc1. The van der Waals surface area contributed by atoms with Crippen molar-refractivity contribution in [2.45, 2.75) is 55.7 Å². The summed E-state index contributed by atoms with van der Waals surface area (Å²) < 4.78 is 0. The molecule has 4 aliphatic carbocycles. The van der Waals surface area contributed by atoms with Crippen molar-refractivity contribution in [2.24, 2.45) is 11.8 Å². The van der Waals surface area contributed by atoms with Crippen LogP contribution in [0.5, 0.6) is 0 Å². The zero-order valence-electron chi connectivity index (χ0n) is 15.8. The molecule has 0 aliphatic heterocycles. The largest absolute Gasteiger partial charge is 0.322 e. The summed E-state index contributed by atoms with van der Waals surface area (Å²) in [5.41, 5.74) is 4.30. The van der Waals surface area contributed by atoms with E-state index in [0.717, 1.165) is 29.5 Å². The normalized spacial score (nSPS) is 33.9. The van der Waals surface area contributed by atoms with Crippen LogP contribution in [0.2, 0.25) is 0 Å². The van der Waals surface area contributed by atoms with Crippen LogP contribution in [0.4, 0.5) is 5.69 Å². The number of amides is 1. The minimum Gasteiger partial charge on any atom is -0.322 e. The minimum absolute atomic E-state index is 0.00240. The summed E-state index contributed by atoms with van der Waals surface area (Å²) in [5.74, 6) is 1.50. The average molecular weight is 380 g/mol. The van der Waals surface area contributed by atoms with E-state index >= 15 is 0 Å². The Labute approximate surface area is 166 Å². The van der Waals surface area contributed by atoms with E-state index in [-0.39, 0.29) is 16.2 Å². The van der Waals surface area contributed by atoms with E-state index in [0.29, 0.717) is 5.56 Å².